The number of anilines is 2. The van der Waals surface area contributed by atoms with Gasteiger partial charge in [-0.3, -0.25) is 14.2 Å². The van der Waals surface area contributed by atoms with E-state index >= 15 is 0 Å². The van der Waals surface area contributed by atoms with Gasteiger partial charge in [-0.2, -0.15) is 18.4 Å². The topological polar surface area (TPSA) is 109 Å². The summed E-state index contributed by atoms with van der Waals surface area (Å²) >= 11 is 0. The highest BCUT2D eigenvalue weighted by atomic mass is 19.4. The van der Waals surface area contributed by atoms with Gasteiger partial charge >= 0.3 is 11.9 Å². The SMILES string of the molecule is N#Cc1cn(C2CC2)c(=O)n(CC(=O)Nc2cc(C(F)(F)F)ccc2N2CCOCC2)c1=O. The minimum atomic E-state index is -4.63. The number of halogens is 3. The number of alkyl halides is 3. The number of ether oxygens (including phenoxy) is 1. The molecular weight excluding hydrogens is 443 g/mol. The molecule has 0 atom stereocenters. The van der Waals surface area contributed by atoms with Gasteiger partial charge in [0.2, 0.25) is 5.91 Å². The van der Waals surface area contributed by atoms with E-state index in [1.54, 1.807) is 11.0 Å². The smallest absolute Gasteiger partial charge is 0.378 e. The monoisotopic (exact) mass is 463 g/mol. The lowest BCUT2D eigenvalue weighted by Crippen LogP contribution is -2.43. The summed E-state index contributed by atoms with van der Waals surface area (Å²) in [5.74, 6) is -0.861. The van der Waals surface area contributed by atoms with E-state index < -0.39 is 35.4 Å². The van der Waals surface area contributed by atoms with Crippen molar-refractivity contribution in [1.82, 2.24) is 9.13 Å². The Hall–Kier alpha value is -3.59. The molecule has 9 nitrogen and oxygen atoms in total. The largest absolute Gasteiger partial charge is 0.416 e. The number of nitrogens with one attached hydrogen (secondary N) is 1. The van der Waals surface area contributed by atoms with Crippen LogP contribution in [0, 0.1) is 11.3 Å². The highest BCUT2D eigenvalue weighted by molar-refractivity contribution is 5.94. The number of hydrogen-bond donors (Lipinski definition) is 1. The predicted molar refractivity (Wildman–Crippen MR) is 111 cm³/mol. The number of carbonyl (C=O) groups excluding carboxylic acids is 1. The van der Waals surface area contributed by atoms with E-state index in [9.17, 15) is 32.8 Å². The number of nitrogens with zero attached hydrogens (tertiary/aromatic N) is 4. The third-order valence-electron chi connectivity index (χ3n) is 5.51. The number of rotatable bonds is 5. The molecule has 0 spiro atoms. The summed E-state index contributed by atoms with van der Waals surface area (Å²) in [6.07, 6.45) is -2.02. The van der Waals surface area contributed by atoms with Gasteiger partial charge in [0.1, 0.15) is 18.2 Å². The van der Waals surface area contributed by atoms with Crippen LogP contribution in [-0.2, 0) is 22.3 Å². The molecule has 1 N–H and O–H groups in total. The third-order valence-corrected chi connectivity index (χ3v) is 5.51. The molecule has 0 radical (unpaired) electrons. The maximum atomic E-state index is 13.3. The van der Waals surface area contributed by atoms with Crippen LogP contribution >= 0.6 is 0 Å². The maximum absolute atomic E-state index is 13.3. The van der Waals surface area contributed by atoms with Gasteiger partial charge in [0, 0.05) is 25.3 Å². The Balaban J connectivity index is 1.66. The minimum Gasteiger partial charge on any atom is -0.378 e. The first-order valence-electron chi connectivity index (χ1n) is 10.3. The number of hydrogen-bond acceptors (Lipinski definition) is 6. The van der Waals surface area contributed by atoms with E-state index in [4.69, 9.17) is 4.74 Å². The Bertz CT molecular complexity index is 1230. The molecule has 1 saturated heterocycles. The second kappa shape index (κ2) is 8.74. The van der Waals surface area contributed by atoms with Crippen molar-refractivity contribution in [1.29, 1.82) is 5.26 Å². The van der Waals surface area contributed by atoms with Crippen LogP contribution in [0.15, 0.2) is 34.0 Å². The van der Waals surface area contributed by atoms with E-state index in [-0.39, 0.29) is 17.3 Å². The highest BCUT2D eigenvalue weighted by Crippen LogP contribution is 2.36. The quantitative estimate of drug-likeness (QED) is 0.723. The van der Waals surface area contributed by atoms with Crippen LogP contribution in [-0.4, -0.2) is 41.3 Å². The number of carbonyl (C=O) groups is 1. The average molecular weight is 463 g/mol. The minimum absolute atomic E-state index is 0.0938. The molecule has 1 aromatic heterocycles. The maximum Gasteiger partial charge on any atom is 0.416 e. The summed E-state index contributed by atoms with van der Waals surface area (Å²) in [4.78, 5) is 39.7. The summed E-state index contributed by atoms with van der Waals surface area (Å²) < 4.78 is 47.0. The van der Waals surface area contributed by atoms with Crippen LogP contribution in [0.3, 0.4) is 0 Å². The number of morpholine rings is 1. The zero-order valence-corrected chi connectivity index (χ0v) is 17.4. The van der Waals surface area contributed by atoms with Crippen LogP contribution in [0.5, 0.6) is 0 Å². The molecule has 1 aliphatic heterocycles. The number of aromatic nitrogens is 2. The molecule has 2 fully saturated rings. The molecule has 33 heavy (non-hydrogen) atoms. The van der Waals surface area contributed by atoms with Gasteiger partial charge < -0.3 is 15.0 Å². The first kappa shape index (κ1) is 22.6. The molecule has 174 valence electrons. The van der Waals surface area contributed by atoms with Crippen LogP contribution in [0.2, 0.25) is 0 Å². The molecule has 1 amide bonds. The lowest BCUT2D eigenvalue weighted by atomic mass is 10.1. The van der Waals surface area contributed by atoms with E-state index in [0.717, 1.165) is 12.1 Å². The molecule has 1 saturated carbocycles. The van der Waals surface area contributed by atoms with Crippen molar-refractivity contribution in [2.75, 3.05) is 36.5 Å². The normalized spacial score (nSPS) is 16.4. The fourth-order valence-electron chi connectivity index (χ4n) is 3.68. The summed E-state index contributed by atoms with van der Waals surface area (Å²) in [6.45, 7) is 0.865. The fraction of sp³-hybridized carbons (Fsp3) is 0.429. The van der Waals surface area contributed by atoms with Crippen LogP contribution in [0.25, 0.3) is 0 Å². The van der Waals surface area contributed by atoms with Crippen molar-refractivity contribution in [3.05, 3.63) is 56.4 Å². The molecule has 2 aliphatic rings. The molecule has 4 rings (SSSR count). The lowest BCUT2D eigenvalue weighted by Gasteiger charge is -2.31. The molecule has 2 aromatic rings. The van der Waals surface area contributed by atoms with Crippen molar-refractivity contribution in [2.45, 2.75) is 31.6 Å². The van der Waals surface area contributed by atoms with Crippen molar-refractivity contribution in [3.8, 4) is 6.07 Å². The Morgan fingerprint density at radius 2 is 1.91 bits per heavy atom. The van der Waals surface area contributed by atoms with Crippen molar-refractivity contribution >= 4 is 17.3 Å². The molecule has 12 heteroatoms. The Labute approximate surface area is 185 Å². The first-order chi connectivity index (χ1) is 15.7. The van der Waals surface area contributed by atoms with E-state index in [1.165, 1.54) is 16.8 Å². The second-order valence-corrected chi connectivity index (χ2v) is 7.84. The zero-order chi connectivity index (χ0) is 23.8. The Kier molecular flexibility index (Phi) is 5.99. The standard InChI is InChI=1S/C21H20F3N5O4/c22-21(23,24)14-1-4-17(27-5-7-33-8-6-27)16(9-14)26-18(30)12-29-19(31)13(10-25)11-28(20(29)32)15-2-3-15/h1,4,9,11,15H,2-3,5-8,12H2,(H,26,30). The van der Waals surface area contributed by atoms with Crippen molar-refractivity contribution < 1.29 is 22.7 Å². The first-order valence-corrected chi connectivity index (χ1v) is 10.3. The molecular formula is C21H20F3N5O4. The number of nitriles is 1. The van der Waals surface area contributed by atoms with Gasteiger partial charge in [-0.25, -0.2) is 9.36 Å². The summed E-state index contributed by atoms with van der Waals surface area (Å²) in [5.41, 5.74) is -2.63. The number of benzene rings is 1. The van der Waals surface area contributed by atoms with Crippen molar-refractivity contribution in [2.24, 2.45) is 0 Å². The van der Waals surface area contributed by atoms with Gasteiger partial charge in [0.15, 0.2) is 0 Å². The molecule has 0 bridgehead atoms. The van der Waals surface area contributed by atoms with Crippen LogP contribution in [0.1, 0.15) is 30.0 Å². The van der Waals surface area contributed by atoms with Crippen molar-refractivity contribution in [3.63, 3.8) is 0 Å². The summed E-state index contributed by atoms with van der Waals surface area (Å²) in [6, 6.07) is 4.59. The summed E-state index contributed by atoms with van der Waals surface area (Å²) in [5, 5.41) is 11.6. The number of amides is 1. The van der Waals surface area contributed by atoms with Crippen LogP contribution < -0.4 is 21.5 Å². The lowest BCUT2D eigenvalue weighted by molar-refractivity contribution is -0.137. The van der Waals surface area contributed by atoms with E-state index in [2.05, 4.69) is 5.32 Å². The van der Waals surface area contributed by atoms with Crippen LogP contribution in [0.4, 0.5) is 24.5 Å². The van der Waals surface area contributed by atoms with E-state index in [0.29, 0.717) is 49.4 Å². The fourth-order valence-corrected chi connectivity index (χ4v) is 3.68. The second-order valence-electron chi connectivity index (χ2n) is 7.84. The Morgan fingerprint density at radius 1 is 1.21 bits per heavy atom. The van der Waals surface area contributed by atoms with Gasteiger partial charge in [-0.1, -0.05) is 0 Å². The average Bonchev–Trinajstić information content (AvgIpc) is 3.62. The third kappa shape index (κ3) is 4.78. The van der Waals surface area contributed by atoms with Gasteiger partial charge in [-0.05, 0) is 31.0 Å². The predicted octanol–water partition coefficient (Wildman–Crippen LogP) is 1.71. The zero-order valence-electron chi connectivity index (χ0n) is 17.4. The van der Waals surface area contributed by atoms with E-state index in [1.807, 2.05) is 0 Å². The van der Waals surface area contributed by atoms with Gasteiger partial charge in [-0.15, -0.1) is 0 Å². The van der Waals surface area contributed by atoms with Gasteiger partial charge in [0.05, 0.1) is 30.2 Å². The molecule has 2 heterocycles. The highest BCUT2D eigenvalue weighted by Gasteiger charge is 2.32. The van der Waals surface area contributed by atoms with Gasteiger partial charge in [0.25, 0.3) is 5.56 Å². The molecule has 1 aromatic carbocycles. The summed E-state index contributed by atoms with van der Waals surface area (Å²) in [7, 11) is 0. The Morgan fingerprint density at radius 3 is 2.52 bits per heavy atom. The molecule has 0 unspecified atom stereocenters. The molecule has 1 aliphatic carbocycles.